The minimum atomic E-state index is -1.35. The summed E-state index contributed by atoms with van der Waals surface area (Å²) in [5.41, 5.74) is -1.75. The van der Waals surface area contributed by atoms with Crippen LogP contribution in [-0.2, 0) is 19.1 Å². The molecule has 4 aliphatic heterocycles. The van der Waals surface area contributed by atoms with Crippen molar-refractivity contribution >= 4 is 23.4 Å². The topological polar surface area (TPSA) is 99.6 Å². The highest BCUT2D eigenvalue weighted by Crippen LogP contribution is 2.58. The van der Waals surface area contributed by atoms with E-state index in [1.807, 2.05) is 45.1 Å². The van der Waals surface area contributed by atoms with E-state index in [0.717, 1.165) is 0 Å². The third-order valence-electron chi connectivity index (χ3n) is 8.43. The molecule has 9 nitrogen and oxygen atoms in total. The van der Waals surface area contributed by atoms with Gasteiger partial charge in [-0.1, -0.05) is 38.2 Å². The Labute approximate surface area is 223 Å². The Morgan fingerprint density at radius 1 is 1.03 bits per heavy atom. The Hall–Kier alpha value is -3.17. The summed E-state index contributed by atoms with van der Waals surface area (Å²) in [4.78, 5) is 47.3. The van der Waals surface area contributed by atoms with Crippen LogP contribution in [0.25, 0.3) is 0 Å². The van der Waals surface area contributed by atoms with Crippen LogP contribution in [0.5, 0.6) is 5.75 Å². The Bertz CT molecular complexity index is 1180. The van der Waals surface area contributed by atoms with Crippen molar-refractivity contribution in [3.63, 3.8) is 0 Å². The first-order valence-electron chi connectivity index (χ1n) is 13.3. The van der Waals surface area contributed by atoms with Gasteiger partial charge in [-0.2, -0.15) is 0 Å². The zero-order valence-corrected chi connectivity index (χ0v) is 22.7. The first-order valence-corrected chi connectivity index (χ1v) is 13.3. The van der Waals surface area contributed by atoms with Crippen molar-refractivity contribution in [3.8, 4) is 5.75 Å². The van der Waals surface area contributed by atoms with E-state index in [1.165, 1.54) is 4.90 Å². The van der Waals surface area contributed by atoms with E-state index in [1.54, 1.807) is 48.2 Å². The molecule has 204 valence electrons. The van der Waals surface area contributed by atoms with E-state index in [2.05, 4.69) is 0 Å². The number of benzene rings is 1. The number of carbonyl (C=O) groups is 3. The van der Waals surface area contributed by atoms with Gasteiger partial charge in [-0.05, 0) is 43.5 Å². The van der Waals surface area contributed by atoms with Gasteiger partial charge in [-0.25, -0.2) is 0 Å². The van der Waals surface area contributed by atoms with Crippen LogP contribution in [0.3, 0.4) is 0 Å². The minimum Gasteiger partial charge on any atom is -0.497 e. The summed E-state index contributed by atoms with van der Waals surface area (Å²) < 4.78 is 12.1. The zero-order chi connectivity index (χ0) is 27.4. The maximum atomic E-state index is 14.5. The molecule has 0 saturated carbocycles. The van der Waals surface area contributed by atoms with Gasteiger partial charge in [0, 0.05) is 25.8 Å². The number of amides is 3. The van der Waals surface area contributed by atoms with Gasteiger partial charge in [-0.15, -0.1) is 0 Å². The van der Waals surface area contributed by atoms with Gasteiger partial charge in [0.2, 0.25) is 11.8 Å². The number of nitrogens with zero attached hydrogens (tertiary/aromatic N) is 3. The third-order valence-corrected chi connectivity index (χ3v) is 8.43. The van der Waals surface area contributed by atoms with Crippen LogP contribution < -0.4 is 9.64 Å². The van der Waals surface area contributed by atoms with E-state index in [0.29, 0.717) is 24.4 Å². The first kappa shape index (κ1) is 26.4. The van der Waals surface area contributed by atoms with E-state index in [-0.39, 0.29) is 36.8 Å². The second-order valence-corrected chi connectivity index (χ2v) is 11.4. The van der Waals surface area contributed by atoms with Crippen LogP contribution in [0, 0.1) is 17.8 Å². The highest BCUT2D eigenvalue weighted by atomic mass is 16.5. The molecule has 0 aromatic heterocycles. The highest BCUT2D eigenvalue weighted by Gasteiger charge is 2.75. The maximum absolute atomic E-state index is 14.5. The van der Waals surface area contributed by atoms with Crippen LogP contribution in [0.2, 0.25) is 0 Å². The van der Waals surface area contributed by atoms with Gasteiger partial charge in [0.1, 0.15) is 17.4 Å². The zero-order valence-electron chi connectivity index (χ0n) is 22.7. The summed E-state index contributed by atoms with van der Waals surface area (Å²) in [5.74, 6) is -1.67. The van der Waals surface area contributed by atoms with Crippen molar-refractivity contribution in [2.45, 2.75) is 50.5 Å². The molecule has 1 spiro atoms. The number of hydrogen-bond donors (Lipinski definition) is 1. The molecule has 0 bridgehead atoms. The number of ether oxygens (including phenoxy) is 2. The van der Waals surface area contributed by atoms with Crippen molar-refractivity contribution < 1.29 is 29.0 Å². The summed E-state index contributed by atoms with van der Waals surface area (Å²) >= 11 is 0. The molecule has 3 amide bonds. The Balaban J connectivity index is 1.66. The largest absolute Gasteiger partial charge is 0.497 e. The molecule has 38 heavy (non-hydrogen) atoms. The molecule has 5 rings (SSSR count). The standard InChI is InChI=1S/C29H37N3O6/c1-18(2)16-20(17-33)32-24-27(36)31(19-8-10-21(37-5)11-9-19)15-7-13-29(24)23(26(32)35)22-25(34)30(4)14-6-12-28(22,3)38-29/h6-13,18,20,22-24,33H,14-17H2,1-5H3/t20-,22-,23+,24?,28+,29+/m1/s1. The van der Waals surface area contributed by atoms with Crippen LogP contribution in [0.4, 0.5) is 5.69 Å². The highest BCUT2D eigenvalue weighted by molar-refractivity contribution is 6.06. The summed E-state index contributed by atoms with van der Waals surface area (Å²) in [6.45, 7) is 6.26. The molecule has 1 aromatic rings. The number of aliphatic hydroxyl groups excluding tert-OH is 1. The van der Waals surface area contributed by atoms with Gasteiger partial charge in [0.25, 0.3) is 5.91 Å². The number of likely N-dealkylation sites (tertiary alicyclic amines) is 1. The van der Waals surface area contributed by atoms with Crippen molar-refractivity contribution in [1.82, 2.24) is 9.80 Å². The first-order chi connectivity index (χ1) is 18.1. The van der Waals surface area contributed by atoms with Crippen molar-refractivity contribution in [2.24, 2.45) is 17.8 Å². The molecule has 0 radical (unpaired) electrons. The molecule has 1 aromatic carbocycles. The van der Waals surface area contributed by atoms with Crippen molar-refractivity contribution in [2.75, 3.05) is 38.8 Å². The predicted molar refractivity (Wildman–Crippen MR) is 141 cm³/mol. The lowest BCUT2D eigenvalue weighted by Gasteiger charge is -2.40. The van der Waals surface area contributed by atoms with Gasteiger partial charge in [0.05, 0.1) is 37.2 Å². The van der Waals surface area contributed by atoms with Crippen LogP contribution in [-0.4, -0.2) is 89.8 Å². The second kappa shape index (κ2) is 9.54. The fraction of sp³-hybridized carbons (Fsp3) is 0.552. The molecular formula is C29H37N3O6. The normalized spacial score (nSPS) is 33.3. The van der Waals surface area contributed by atoms with Crippen molar-refractivity contribution in [1.29, 1.82) is 0 Å². The number of carbonyl (C=O) groups excluding carboxylic acids is 3. The quantitative estimate of drug-likeness (QED) is 0.573. The molecular weight excluding hydrogens is 486 g/mol. The number of likely N-dealkylation sites (N-methyl/N-ethyl adjacent to an activating group) is 1. The number of hydrogen-bond acceptors (Lipinski definition) is 6. The number of fused-ring (bicyclic) bond motifs is 2. The van der Waals surface area contributed by atoms with Crippen LogP contribution in [0.1, 0.15) is 27.2 Å². The van der Waals surface area contributed by atoms with E-state index < -0.39 is 35.1 Å². The lowest BCUT2D eigenvalue weighted by Crippen LogP contribution is -2.59. The van der Waals surface area contributed by atoms with Crippen LogP contribution >= 0.6 is 0 Å². The van der Waals surface area contributed by atoms with E-state index in [9.17, 15) is 19.5 Å². The molecule has 2 fully saturated rings. The average Bonchev–Trinajstić information content (AvgIpc) is 3.17. The van der Waals surface area contributed by atoms with Gasteiger partial charge < -0.3 is 29.3 Å². The number of methoxy groups -OCH3 is 1. The summed E-state index contributed by atoms with van der Waals surface area (Å²) in [7, 11) is 3.30. The third kappa shape index (κ3) is 3.86. The lowest BCUT2D eigenvalue weighted by atomic mass is 9.74. The molecule has 1 unspecified atom stereocenters. The van der Waals surface area contributed by atoms with Crippen LogP contribution in [0.15, 0.2) is 48.6 Å². The molecule has 4 aliphatic rings. The number of aliphatic hydroxyl groups is 1. The van der Waals surface area contributed by atoms with Gasteiger partial charge >= 0.3 is 0 Å². The minimum absolute atomic E-state index is 0.171. The summed E-state index contributed by atoms with van der Waals surface area (Å²) in [6, 6.07) is 5.56. The summed E-state index contributed by atoms with van der Waals surface area (Å²) in [5, 5.41) is 10.4. The molecule has 0 aliphatic carbocycles. The number of rotatable bonds is 6. The van der Waals surface area contributed by atoms with Gasteiger partial charge in [-0.3, -0.25) is 14.4 Å². The summed E-state index contributed by atoms with van der Waals surface area (Å²) in [6.07, 6.45) is 7.94. The van der Waals surface area contributed by atoms with E-state index in [4.69, 9.17) is 9.47 Å². The molecule has 9 heteroatoms. The van der Waals surface area contributed by atoms with Gasteiger partial charge in [0.15, 0.2) is 0 Å². The lowest BCUT2D eigenvalue weighted by molar-refractivity contribution is -0.151. The predicted octanol–water partition coefficient (Wildman–Crippen LogP) is 2.00. The van der Waals surface area contributed by atoms with E-state index >= 15 is 0 Å². The van der Waals surface area contributed by atoms with Crippen molar-refractivity contribution in [3.05, 3.63) is 48.6 Å². The molecule has 4 heterocycles. The Morgan fingerprint density at radius 2 is 1.71 bits per heavy atom. The molecule has 2 saturated heterocycles. The smallest absolute Gasteiger partial charge is 0.253 e. The Morgan fingerprint density at radius 3 is 2.34 bits per heavy atom. The monoisotopic (exact) mass is 523 g/mol. The number of anilines is 1. The fourth-order valence-corrected chi connectivity index (χ4v) is 6.79. The fourth-order valence-electron chi connectivity index (χ4n) is 6.79. The second-order valence-electron chi connectivity index (χ2n) is 11.4. The Kier molecular flexibility index (Phi) is 6.64. The SMILES string of the molecule is COc1ccc(N2CC=C[C@]34O[C@@]5(C)C=CCN(C)C(=O)[C@H]5[C@H]3C(=O)N([C@@H](CO)CC(C)C)C4C2=O)cc1. The maximum Gasteiger partial charge on any atom is 0.253 e. The molecule has 1 N–H and O–H groups in total. The average molecular weight is 524 g/mol. The molecule has 6 atom stereocenters.